The van der Waals surface area contributed by atoms with Crippen LogP contribution in [0.3, 0.4) is 0 Å². The molecule has 0 atom stereocenters. The molecule has 1 nitrogen and oxygen atoms in total. The highest BCUT2D eigenvalue weighted by molar-refractivity contribution is 5.86. The highest BCUT2D eigenvalue weighted by Gasteiger charge is 2.16. The second-order valence-electron chi connectivity index (χ2n) is 3.59. The Kier molecular flexibility index (Phi) is 1.21. The van der Waals surface area contributed by atoms with Crippen molar-refractivity contribution >= 4 is 16.5 Å². The third-order valence-corrected chi connectivity index (χ3v) is 2.81. The van der Waals surface area contributed by atoms with Gasteiger partial charge in [0.05, 0.1) is 0 Å². The number of allylic oxidation sites excluding steroid dienone is 1. The van der Waals surface area contributed by atoms with Gasteiger partial charge in [-0.05, 0) is 24.1 Å². The van der Waals surface area contributed by atoms with Crippen LogP contribution in [0, 0.1) is 0 Å². The first-order valence-electron chi connectivity index (χ1n) is 4.63. The first kappa shape index (κ1) is 6.96. The maximum Gasteiger partial charge on any atom is 0.0485 e. The van der Waals surface area contributed by atoms with Gasteiger partial charge in [-0.25, -0.2) is 0 Å². The molecule has 0 amide bonds. The standard InChI is InChI=1S/C12H11N/c1-9-6-7-13-11-5-3-2-4-10(11)8-12(9)13/h2-5,8H,1,6-7H2. The lowest BCUT2D eigenvalue weighted by atomic mass is 10.2. The Morgan fingerprint density at radius 1 is 1.23 bits per heavy atom. The van der Waals surface area contributed by atoms with Gasteiger partial charge in [0.2, 0.25) is 0 Å². The molecule has 0 unspecified atom stereocenters. The number of para-hydroxylation sites is 1. The summed E-state index contributed by atoms with van der Waals surface area (Å²) in [6.07, 6.45) is 1.11. The van der Waals surface area contributed by atoms with Crippen LogP contribution in [0.2, 0.25) is 0 Å². The van der Waals surface area contributed by atoms with Gasteiger partial charge in [-0.3, -0.25) is 0 Å². The van der Waals surface area contributed by atoms with E-state index in [1.165, 1.54) is 22.2 Å². The van der Waals surface area contributed by atoms with Gasteiger partial charge in [-0.15, -0.1) is 0 Å². The van der Waals surface area contributed by atoms with Crippen LogP contribution < -0.4 is 0 Å². The van der Waals surface area contributed by atoms with Gasteiger partial charge in [0, 0.05) is 23.1 Å². The summed E-state index contributed by atoms with van der Waals surface area (Å²) >= 11 is 0. The zero-order chi connectivity index (χ0) is 8.84. The first-order valence-corrected chi connectivity index (χ1v) is 4.63. The molecule has 1 aliphatic rings. The Morgan fingerprint density at radius 3 is 3.00 bits per heavy atom. The van der Waals surface area contributed by atoms with Crippen LogP contribution in [0.5, 0.6) is 0 Å². The number of benzene rings is 1. The van der Waals surface area contributed by atoms with E-state index in [0.717, 1.165) is 13.0 Å². The van der Waals surface area contributed by atoms with E-state index in [1.54, 1.807) is 0 Å². The van der Waals surface area contributed by atoms with Crippen LogP contribution in [0.25, 0.3) is 16.5 Å². The van der Waals surface area contributed by atoms with Crippen LogP contribution >= 0.6 is 0 Å². The van der Waals surface area contributed by atoms with E-state index in [4.69, 9.17) is 0 Å². The highest BCUT2D eigenvalue weighted by Crippen LogP contribution is 2.31. The Hall–Kier alpha value is -1.50. The minimum Gasteiger partial charge on any atom is -0.340 e. The molecule has 1 aromatic heterocycles. The molecule has 1 aromatic carbocycles. The van der Waals surface area contributed by atoms with Gasteiger partial charge >= 0.3 is 0 Å². The van der Waals surface area contributed by atoms with E-state index < -0.39 is 0 Å². The van der Waals surface area contributed by atoms with Crippen LogP contribution in [0.15, 0.2) is 36.9 Å². The van der Waals surface area contributed by atoms with Crippen molar-refractivity contribution in [1.82, 2.24) is 4.57 Å². The molecular weight excluding hydrogens is 158 g/mol. The lowest BCUT2D eigenvalue weighted by molar-refractivity contribution is 0.797. The lowest BCUT2D eigenvalue weighted by Crippen LogP contribution is -1.89. The zero-order valence-electron chi connectivity index (χ0n) is 7.46. The molecule has 2 aromatic rings. The third-order valence-electron chi connectivity index (χ3n) is 2.81. The molecule has 2 heterocycles. The maximum absolute atomic E-state index is 4.07. The molecular formula is C12H11N. The molecule has 0 aliphatic carbocycles. The van der Waals surface area contributed by atoms with E-state index in [9.17, 15) is 0 Å². The van der Waals surface area contributed by atoms with Crippen molar-refractivity contribution < 1.29 is 0 Å². The minimum absolute atomic E-state index is 1.10. The van der Waals surface area contributed by atoms with Crippen LogP contribution in [0.1, 0.15) is 12.1 Å². The highest BCUT2D eigenvalue weighted by atomic mass is 15.0. The number of hydrogen-bond donors (Lipinski definition) is 0. The molecule has 13 heavy (non-hydrogen) atoms. The van der Waals surface area contributed by atoms with Crippen molar-refractivity contribution in [1.29, 1.82) is 0 Å². The van der Waals surface area contributed by atoms with E-state index in [1.807, 2.05) is 0 Å². The van der Waals surface area contributed by atoms with Crippen LogP contribution in [-0.2, 0) is 6.54 Å². The summed E-state index contributed by atoms with van der Waals surface area (Å²) in [5.74, 6) is 0. The average Bonchev–Trinajstić information content (AvgIpc) is 2.67. The summed E-state index contributed by atoms with van der Waals surface area (Å²) in [7, 11) is 0. The maximum atomic E-state index is 4.07. The molecule has 1 aliphatic heterocycles. The van der Waals surface area contributed by atoms with Crippen molar-refractivity contribution in [3.05, 3.63) is 42.6 Å². The summed E-state index contributed by atoms with van der Waals surface area (Å²) in [6.45, 7) is 5.17. The van der Waals surface area contributed by atoms with Crippen LogP contribution in [-0.4, -0.2) is 4.57 Å². The second kappa shape index (κ2) is 2.25. The molecule has 0 bridgehead atoms. The zero-order valence-corrected chi connectivity index (χ0v) is 7.46. The van der Waals surface area contributed by atoms with Crippen molar-refractivity contribution in [2.45, 2.75) is 13.0 Å². The molecule has 0 saturated heterocycles. The summed E-state index contributed by atoms with van der Waals surface area (Å²) in [5, 5.41) is 1.33. The number of aryl methyl sites for hydroxylation is 1. The minimum atomic E-state index is 1.10. The molecule has 0 N–H and O–H groups in total. The summed E-state index contributed by atoms with van der Waals surface area (Å²) in [6, 6.07) is 10.8. The predicted octanol–water partition coefficient (Wildman–Crippen LogP) is 3.06. The molecule has 0 spiro atoms. The first-order chi connectivity index (χ1) is 6.36. The largest absolute Gasteiger partial charge is 0.340 e. The fraction of sp³-hybridized carbons (Fsp3) is 0.167. The van der Waals surface area contributed by atoms with Gasteiger partial charge in [0.1, 0.15) is 0 Å². The molecule has 1 heteroatoms. The van der Waals surface area contributed by atoms with Gasteiger partial charge in [-0.1, -0.05) is 24.8 Å². The van der Waals surface area contributed by atoms with Crippen LogP contribution in [0.4, 0.5) is 0 Å². The number of aromatic nitrogens is 1. The fourth-order valence-electron chi connectivity index (χ4n) is 2.12. The molecule has 0 saturated carbocycles. The summed E-state index contributed by atoms with van der Waals surface area (Å²) < 4.78 is 2.36. The Bertz CT molecular complexity index is 491. The van der Waals surface area contributed by atoms with Crippen molar-refractivity contribution in [2.24, 2.45) is 0 Å². The smallest absolute Gasteiger partial charge is 0.0485 e. The predicted molar refractivity (Wildman–Crippen MR) is 55.6 cm³/mol. The topological polar surface area (TPSA) is 4.93 Å². The monoisotopic (exact) mass is 169 g/mol. The quantitative estimate of drug-likeness (QED) is 0.571. The van der Waals surface area contributed by atoms with E-state index in [0.29, 0.717) is 0 Å². The van der Waals surface area contributed by atoms with Gasteiger partial charge in [-0.2, -0.15) is 0 Å². The Morgan fingerprint density at radius 2 is 2.08 bits per heavy atom. The molecule has 0 radical (unpaired) electrons. The molecule has 0 fully saturated rings. The second-order valence-corrected chi connectivity index (χ2v) is 3.59. The normalized spacial score (nSPS) is 15.2. The Balaban J connectivity index is 2.44. The third kappa shape index (κ3) is 0.816. The van der Waals surface area contributed by atoms with E-state index in [-0.39, 0.29) is 0 Å². The van der Waals surface area contributed by atoms with Crippen molar-refractivity contribution in [3.8, 4) is 0 Å². The van der Waals surface area contributed by atoms with Gasteiger partial charge in [0.15, 0.2) is 0 Å². The summed E-state index contributed by atoms with van der Waals surface area (Å²) in [4.78, 5) is 0. The SMILES string of the molecule is C=C1CCn2c1cc1ccccc12. The van der Waals surface area contributed by atoms with Gasteiger partial charge in [0.25, 0.3) is 0 Å². The molecule has 64 valence electrons. The van der Waals surface area contributed by atoms with Gasteiger partial charge < -0.3 is 4.57 Å². The van der Waals surface area contributed by atoms with Crippen molar-refractivity contribution in [3.63, 3.8) is 0 Å². The summed E-state index contributed by atoms with van der Waals surface area (Å²) in [5.41, 5.74) is 3.94. The number of fused-ring (bicyclic) bond motifs is 3. The van der Waals surface area contributed by atoms with E-state index in [2.05, 4.69) is 41.5 Å². The fourth-order valence-corrected chi connectivity index (χ4v) is 2.12. The number of nitrogens with zero attached hydrogens (tertiary/aromatic N) is 1. The molecule has 3 rings (SSSR count). The van der Waals surface area contributed by atoms with Crippen molar-refractivity contribution in [2.75, 3.05) is 0 Å². The lowest BCUT2D eigenvalue weighted by Gasteiger charge is -1.97. The van der Waals surface area contributed by atoms with E-state index >= 15 is 0 Å². The average molecular weight is 169 g/mol. The number of rotatable bonds is 0. The Labute approximate surface area is 77.3 Å². The number of hydrogen-bond acceptors (Lipinski definition) is 0.